The van der Waals surface area contributed by atoms with E-state index in [1.165, 1.54) is 44.9 Å². The van der Waals surface area contributed by atoms with Gasteiger partial charge in [-0.15, -0.1) is 0 Å². The molecule has 1 heterocycles. The molecule has 1 aromatic rings. The van der Waals surface area contributed by atoms with Gasteiger partial charge in [0.1, 0.15) is 0 Å². The van der Waals surface area contributed by atoms with Gasteiger partial charge < -0.3 is 4.90 Å². The minimum Gasteiger partial charge on any atom is -0.339 e. The summed E-state index contributed by atoms with van der Waals surface area (Å²) in [6, 6.07) is 7.94. The summed E-state index contributed by atoms with van der Waals surface area (Å²) in [5, 5.41) is 0. The minimum absolute atomic E-state index is 0.217. The lowest BCUT2D eigenvalue weighted by molar-refractivity contribution is 0.0472. The van der Waals surface area contributed by atoms with E-state index in [2.05, 4.69) is 27.5 Å². The molecule has 3 heteroatoms. The Morgan fingerprint density at radius 2 is 1.75 bits per heavy atom. The van der Waals surface area contributed by atoms with E-state index in [1.54, 1.807) is 0 Å². The van der Waals surface area contributed by atoms with Gasteiger partial charge in [0.15, 0.2) is 0 Å². The third-order valence-corrected chi connectivity index (χ3v) is 5.77. The summed E-state index contributed by atoms with van der Waals surface area (Å²) in [4.78, 5) is 14.6. The van der Waals surface area contributed by atoms with Gasteiger partial charge in [0.25, 0.3) is 5.91 Å². The van der Waals surface area contributed by atoms with Crippen LogP contribution in [0.4, 0.5) is 0 Å². The monoisotopic (exact) mass is 383 g/mol. The molecule has 20 heavy (non-hydrogen) atoms. The molecule has 0 aromatic heterocycles. The van der Waals surface area contributed by atoms with Gasteiger partial charge in [0.05, 0.1) is 0 Å². The van der Waals surface area contributed by atoms with Crippen molar-refractivity contribution in [2.24, 2.45) is 5.41 Å². The molecule has 1 saturated carbocycles. The summed E-state index contributed by atoms with van der Waals surface area (Å²) >= 11 is 2.27. The Bertz CT molecular complexity index is 484. The Morgan fingerprint density at radius 3 is 2.40 bits per heavy atom. The number of benzene rings is 1. The average Bonchev–Trinajstić information content (AvgIpc) is 2.48. The van der Waals surface area contributed by atoms with Gasteiger partial charge in [-0.25, -0.2) is 0 Å². The molecule has 0 N–H and O–H groups in total. The number of amides is 1. The van der Waals surface area contributed by atoms with Crippen molar-refractivity contribution in [3.63, 3.8) is 0 Å². The number of hydrogen-bond acceptors (Lipinski definition) is 1. The highest BCUT2D eigenvalue weighted by Gasteiger charge is 2.36. The second-order valence-corrected chi connectivity index (χ2v) is 7.61. The minimum atomic E-state index is 0.217. The fourth-order valence-corrected chi connectivity index (χ4v) is 4.33. The molecule has 0 bridgehead atoms. The Labute approximate surface area is 135 Å². The summed E-state index contributed by atoms with van der Waals surface area (Å²) in [5.41, 5.74) is 1.41. The average molecular weight is 383 g/mol. The Morgan fingerprint density at radius 1 is 1.05 bits per heavy atom. The van der Waals surface area contributed by atoms with Crippen LogP contribution in [0.5, 0.6) is 0 Å². The van der Waals surface area contributed by atoms with Gasteiger partial charge in [-0.05, 0) is 71.9 Å². The van der Waals surface area contributed by atoms with E-state index in [-0.39, 0.29) is 5.91 Å². The predicted molar refractivity (Wildman–Crippen MR) is 89.8 cm³/mol. The lowest BCUT2D eigenvalue weighted by Gasteiger charge is -2.44. The molecular formula is C17H22INO. The molecule has 2 fully saturated rings. The smallest absolute Gasteiger partial charge is 0.253 e. The third-order valence-electron chi connectivity index (χ3n) is 5.10. The van der Waals surface area contributed by atoms with E-state index < -0.39 is 0 Å². The maximum absolute atomic E-state index is 12.5. The summed E-state index contributed by atoms with van der Waals surface area (Å²) < 4.78 is 1.13. The largest absolute Gasteiger partial charge is 0.339 e. The first kappa shape index (κ1) is 14.4. The second-order valence-electron chi connectivity index (χ2n) is 6.36. The van der Waals surface area contributed by atoms with Crippen molar-refractivity contribution < 1.29 is 4.79 Å². The zero-order chi connectivity index (χ0) is 14.0. The molecule has 2 nitrogen and oxygen atoms in total. The molecule has 1 amide bonds. The summed E-state index contributed by atoms with van der Waals surface area (Å²) in [6.07, 6.45) is 9.39. The van der Waals surface area contributed by atoms with Crippen molar-refractivity contribution in [3.05, 3.63) is 33.4 Å². The molecule has 1 spiro atoms. The number of carbonyl (C=O) groups is 1. The first-order valence-electron chi connectivity index (χ1n) is 7.73. The second kappa shape index (κ2) is 6.04. The summed E-state index contributed by atoms with van der Waals surface area (Å²) in [5.74, 6) is 0.217. The highest BCUT2D eigenvalue weighted by molar-refractivity contribution is 14.1. The first-order chi connectivity index (χ1) is 9.69. The van der Waals surface area contributed by atoms with E-state index in [1.807, 2.05) is 24.3 Å². The predicted octanol–water partition coefficient (Wildman–Crippen LogP) is 4.48. The molecule has 0 unspecified atom stereocenters. The van der Waals surface area contributed by atoms with Crippen LogP contribution in [0.2, 0.25) is 0 Å². The van der Waals surface area contributed by atoms with Gasteiger partial charge in [-0.2, -0.15) is 0 Å². The lowest BCUT2D eigenvalue weighted by Crippen LogP contribution is -2.43. The van der Waals surface area contributed by atoms with Crippen molar-refractivity contribution in [3.8, 4) is 0 Å². The number of halogens is 1. The number of rotatable bonds is 1. The zero-order valence-corrected chi connectivity index (χ0v) is 14.1. The van der Waals surface area contributed by atoms with Crippen LogP contribution in [0.3, 0.4) is 0 Å². The molecule has 1 aromatic carbocycles. The van der Waals surface area contributed by atoms with E-state index in [0.29, 0.717) is 5.41 Å². The molecular weight excluding hydrogens is 361 g/mol. The van der Waals surface area contributed by atoms with Crippen LogP contribution < -0.4 is 0 Å². The summed E-state index contributed by atoms with van der Waals surface area (Å²) in [6.45, 7) is 1.90. The topological polar surface area (TPSA) is 20.3 Å². The van der Waals surface area contributed by atoms with Gasteiger partial charge in [-0.1, -0.05) is 25.3 Å². The number of piperidine rings is 1. The van der Waals surface area contributed by atoms with Crippen molar-refractivity contribution in [1.29, 1.82) is 0 Å². The van der Waals surface area contributed by atoms with E-state index in [9.17, 15) is 4.79 Å². The standard InChI is InChI=1S/C17H22INO/c18-15-6-4-5-14(13-15)16(20)19-11-9-17(10-12-19)7-2-1-3-8-17/h4-6,13H,1-3,7-12H2. The van der Waals surface area contributed by atoms with Crippen molar-refractivity contribution >= 4 is 28.5 Å². The maximum atomic E-state index is 12.5. The quantitative estimate of drug-likeness (QED) is 0.655. The molecule has 1 aliphatic heterocycles. The zero-order valence-electron chi connectivity index (χ0n) is 11.9. The van der Waals surface area contributed by atoms with Crippen molar-refractivity contribution in [1.82, 2.24) is 4.90 Å². The van der Waals surface area contributed by atoms with Gasteiger partial charge >= 0.3 is 0 Å². The fourth-order valence-electron chi connectivity index (χ4n) is 3.79. The highest BCUT2D eigenvalue weighted by atomic mass is 127. The first-order valence-corrected chi connectivity index (χ1v) is 8.81. The van der Waals surface area contributed by atoms with Crippen LogP contribution in [0.15, 0.2) is 24.3 Å². The molecule has 1 aliphatic carbocycles. The SMILES string of the molecule is O=C(c1cccc(I)c1)N1CCC2(CCCCC2)CC1. The van der Waals surface area contributed by atoms with Crippen molar-refractivity contribution in [2.75, 3.05) is 13.1 Å². The highest BCUT2D eigenvalue weighted by Crippen LogP contribution is 2.44. The number of likely N-dealkylation sites (tertiary alicyclic amines) is 1. The van der Waals surface area contributed by atoms with Crippen LogP contribution >= 0.6 is 22.6 Å². The van der Waals surface area contributed by atoms with Crippen LogP contribution in [0.25, 0.3) is 0 Å². The maximum Gasteiger partial charge on any atom is 0.253 e. The Hall–Kier alpha value is -0.580. The molecule has 1 saturated heterocycles. The van der Waals surface area contributed by atoms with Crippen LogP contribution in [-0.2, 0) is 0 Å². The van der Waals surface area contributed by atoms with Gasteiger partial charge in [0.2, 0.25) is 0 Å². The summed E-state index contributed by atoms with van der Waals surface area (Å²) in [7, 11) is 0. The number of hydrogen-bond donors (Lipinski definition) is 0. The number of carbonyl (C=O) groups excluding carboxylic acids is 1. The van der Waals surface area contributed by atoms with Gasteiger partial charge in [0, 0.05) is 22.2 Å². The number of nitrogens with zero attached hydrogens (tertiary/aromatic N) is 1. The van der Waals surface area contributed by atoms with E-state index in [0.717, 1.165) is 22.2 Å². The Kier molecular flexibility index (Phi) is 4.34. The molecule has 3 rings (SSSR count). The lowest BCUT2D eigenvalue weighted by atomic mass is 9.68. The van der Waals surface area contributed by atoms with Crippen LogP contribution in [0, 0.1) is 8.99 Å². The molecule has 0 radical (unpaired) electrons. The fraction of sp³-hybridized carbons (Fsp3) is 0.588. The molecule has 108 valence electrons. The Balaban J connectivity index is 1.64. The molecule has 0 atom stereocenters. The van der Waals surface area contributed by atoms with Crippen LogP contribution in [-0.4, -0.2) is 23.9 Å². The third kappa shape index (κ3) is 3.02. The normalized spacial score (nSPS) is 21.9. The van der Waals surface area contributed by atoms with E-state index in [4.69, 9.17) is 0 Å². The van der Waals surface area contributed by atoms with Gasteiger partial charge in [-0.3, -0.25) is 4.79 Å². The van der Waals surface area contributed by atoms with E-state index >= 15 is 0 Å². The molecule has 2 aliphatic rings. The van der Waals surface area contributed by atoms with Crippen molar-refractivity contribution in [2.45, 2.75) is 44.9 Å². The van der Waals surface area contributed by atoms with Crippen LogP contribution in [0.1, 0.15) is 55.3 Å².